The maximum absolute atomic E-state index is 12.0. The van der Waals surface area contributed by atoms with Crippen molar-refractivity contribution in [2.75, 3.05) is 0 Å². The highest BCUT2D eigenvalue weighted by Crippen LogP contribution is 2.13. The lowest BCUT2D eigenvalue weighted by Crippen LogP contribution is -2.44. The average molecular weight is 299 g/mol. The number of carbonyl (C=O) groups is 1. The summed E-state index contributed by atoms with van der Waals surface area (Å²) >= 11 is 0. The highest BCUT2D eigenvalue weighted by atomic mass is 16.3. The van der Waals surface area contributed by atoms with E-state index in [1.54, 1.807) is 31.2 Å². The van der Waals surface area contributed by atoms with Gasteiger partial charge in [0, 0.05) is 6.42 Å². The predicted molar refractivity (Wildman–Crippen MR) is 85.2 cm³/mol. The molecule has 116 valence electrons. The molecule has 1 amide bonds. The SMILES string of the molecule is CC(NC(=O)[C@@H](O)c1ccccc1)C(O)Cc1ccccc1. The summed E-state index contributed by atoms with van der Waals surface area (Å²) in [6, 6.07) is 17.9. The van der Waals surface area contributed by atoms with Crippen LogP contribution >= 0.6 is 0 Å². The number of aliphatic hydroxyl groups is 2. The molecule has 4 heteroatoms. The minimum absolute atomic E-state index is 0.448. The maximum atomic E-state index is 12.0. The lowest BCUT2D eigenvalue weighted by Gasteiger charge is -2.22. The Balaban J connectivity index is 1.90. The first-order chi connectivity index (χ1) is 10.6. The van der Waals surface area contributed by atoms with Crippen LogP contribution in [0.25, 0.3) is 0 Å². The topological polar surface area (TPSA) is 69.6 Å². The van der Waals surface area contributed by atoms with Gasteiger partial charge in [0.2, 0.25) is 0 Å². The molecule has 0 heterocycles. The second-order valence-electron chi connectivity index (χ2n) is 5.37. The normalized spacial score (nSPS) is 14.9. The molecule has 0 spiro atoms. The predicted octanol–water partition coefficient (Wildman–Crippen LogP) is 1.83. The van der Waals surface area contributed by atoms with E-state index in [-0.39, 0.29) is 0 Å². The second-order valence-corrected chi connectivity index (χ2v) is 5.37. The Morgan fingerprint density at radius 2 is 1.55 bits per heavy atom. The largest absolute Gasteiger partial charge is 0.391 e. The van der Waals surface area contributed by atoms with Crippen LogP contribution in [-0.2, 0) is 11.2 Å². The van der Waals surface area contributed by atoms with Gasteiger partial charge in [-0.3, -0.25) is 4.79 Å². The van der Waals surface area contributed by atoms with E-state index in [2.05, 4.69) is 5.32 Å². The van der Waals surface area contributed by atoms with Crippen LogP contribution in [0.5, 0.6) is 0 Å². The highest BCUT2D eigenvalue weighted by molar-refractivity contribution is 5.82. The number of carbonyl (C=O) groups excluding carboxylic acids is 1. The van der Waals surface area contributed by atoms with Gasteiger partial charge in [-0.05, 0) is 18.1 Å². The van der Waals surface area contributed by atoms with Crippen LogP contribution in [0, 0.1) is 0 Å². The Labute approximate surface area is 130 Å². The third-order valence-electron chi connectivity index (χ3n) is 3.60. The zero-order valence-electron chi connectivity index (χ0n) is 12.5. The summed E-state index contributed by atoms with van der Waals surface area (Å²) in [5, 5.41) is 22.9. The first kappa shape index (κ1) is 16.2. The van der Waals surface area contributed by atoms with E-state index in [1.165, 1.54) is 0 Å². The van der Waals surface area contributed by atoms with E-state index in [0.29, 0.717) is 12.0 Å². The number of hydrogen-bond acceptors (Lipinski definition) is 3. The minimum Gasteiger partial charge on any atom is -0.391 e. The van der Waals surface area contributed by atoms with Gasteiger partial charge in [0.25, 0.3) is 5.91 Å². The fraction of sp³-hybridized carbons (Fsp3) is 0.278. The summed E-state index contributed by atoms with van der Waals surface area (Å²) in [7, 11) is 0. The van der Waals surface area contributed by atoms with Crippen molar-refractivity contribution in [3.05, 3.63) is 71.8 Å². The molecule has 2 aromatic rings. The molecule has 4 nitrogen and oxygen atoms in total. The molecule has 0 aliphatic rings. The van der Waals surface area contributed by atoms with Gasteiger partial charge >= 0.3 is 0 Å². The molecule has 0 fully saturated rings. The van der Waals surface area contributed by atoms with Gasteiger partial charge < -0.3 is 15.5 Å². The van der Waals surface area contributed by atoms with Crippen LogP contribution < -0.4 is 5.32 Å². The van der Waals surface area contributed by atoms with Gasteiger partial charge in [0.15, 0.2) is 6.10 Å². The Morgan fingerprint density at radius 1 is 1.00 bits per heavy atom. The summed E-state index contributed by atoms with van der Waals surface area (Å²) in [6.07, 6.45) is -1.49. The molecular weight excluding hydrogens is 278 g/mol. The van der Waals surface area contributed by atoms with E-state index in [1.807, 2.05) is 36.4 Å². The second kappa shape index (κ2) is 7.73. The Bertz CT molecular complexity index is 586. The van der Waals surface area contributed by atoms with E-state index in [4.69, 9.17) is 0 Å². The fourth-order valence-electron chi connectivity index (χ4n) is 2.22. The first-order valence-corrected chi connectivity index (χ1v) is 7.33. The third kappa shape index (κ3) is 4.41. The number of amides is 1. The molecular formula is C18H21NO3. The summed E-state index contributed by atoms with van der Waals surface area (Å²) in [4.78, 5) is 12.0. The average Bonchev–Trinajstić information content (AvgIpc) is 2.55. The Morgan fingerprint density at radius 3 is 2.14 bits per heavy atom. The maximum Gasteiger partial charge on any atom is 0.253 e. The molecule has 2 aromatic carbocycles. The van der Waals surface area contributed by atoms with Crippen molar-refractivity contribution < 1.29 is 15.0 Å². The van der Waals surface area contributed by atoms with E-state index in [9.17, 15) is 15.0 Å². The summed E-state index contributed by atoms with van der Waals surface area (Å²) in [5.74, 6) is -0.509. The number of aliphatic hydroxyl groups excluding tert-OH is 2. The minimum atomic E-state index is -1.23. The lowest BCUT2D eigenvalue weighted by molar-refractivity contribution is -0.131. The summed E-state index contributed by atoms with van der Waals surface area (Å²) in [6.45, 7) is 1.73. The van der Waals surface area contributed by atoms with E-state index in [0.717, 1.165) is 5.56 Å². The molecule has 0 aliphatic carbocycles. The number of hydrogen-bond donors (Lipinski definition) is 3. The lowest BCUT2D eigenvalue weighted by atomic mass is 10.0. The van der Waals surface area contributed by atoms with Gasteiger partial charge in [-0.15, -0.1) is 0 Å². The van der Waals surface area contributed by atoms with E-state index < -0.39 is 24.2 Å². The van der Waals surface area contributed by atoms with Crippen LogP contribution in [0.4, 0.5) is 0 Å². The zero-order valence-corrected chi connectivity index (χ0v) is 12.5. The van der Waals surface area contributed by atoms with Crippen LogP contribution in [0.1, 0.15) is 24.2 Å². The van der Waals surface area contributed by atoms with Crippen LogP contribution in [0.15, 0.2) is 60.7 Å². The molecule has 0 aromatic heterocycles. The monoisotopic (exact) mass is 299 g/mol. The quantitative estimate of drug-likeness (QED) is 0.762. The van der Waals surface area contributed by atoms with Crippen LogP contribution in [-0.4, -0.2) is 28.3 Å². The smallest absolute Gasteiger partial charge is 0.253 e. The molecule has 0 bridgehead atoms. The number of nitrogens with one attached hydrogen (secondary N) is 1. The molecule has 0 saturated carbocycles. The molecule has 3 atom stereocenters. The van der Waals surface area contributed by atoms with Gasteiger partial charge in [0.1, 0.15) is 0 Å². The van der Waals surface area contributed by atoms with Crippen molar-refractivity contribution in [2.45, 2.75) is 31.6 Å². The van der Waals surface area contributed by atoms with Gasteiger partial charge in [0.05, 0.1) is 12.1 Å². The Kier molecular flexibility index (Phi) is 5.69. The molecule has 22 heavy (non-hydrogen) atoms. The standard InChI is InChI=1S/C18H21NO3/c1-13(16(20)12-14-8-4-2-5-9-14)19-18(22)17(21)15-10-6-3-7-11-15/h2-11,13,16-17,20-21H,12H2,1H3,(H,19,22)/t13?,16?,17-/m0/s1. The van der Waals surface area contributed by atoms with E-state index >= 15 is 0 Å². The van der Waals surface area contributed by atoms with Gasteiger partial charge in [-0.2, -0.15) is 0 Å². The summed E-state index contributed by atoms with van der Waals surface area (Å²) in [5.41, 5.74) is 1.53. The fourth-order valence-corrected chi connectivity index (χ4v) is 2.22. The van der Waals surface area contributed by atoms with Crippen molar-refractivity contribution in [1.29, 1.82) is 0 Å². The van der Waals surface area contributed by atoms with Crippen molar-refractivity contribution in [2.24, 2.45) is 0 Å². The van der Waals surface area contributed by atoms with Crippen LogP contribution in [0.3, 0.4) is 0 Å². The van der Waals surface area contributed by atoms with Crippen molar-refractivity contribution in [3.63, 3.8) is 0 Å². The third-order valence-corrected chi connectivity index (χ3v) is 3.60. The summed E-state index contributed by atoms with van der Waals surface area (Å²) < 4.78 is 0. The molecule has 2 rings (SSSR count). The molecule has 3 N–H and O–H groups in total. The molecule has 0 radical (unpaired) electrons. The van der Waals surface area contributed by atoms with Crippen molar-refractivity contribution >= 4 is 5.91 Å². The van der Waals surface area contributed by atoms with Gasteiger partial charge in [-0.1, -0.05) is 60.7 Å². The first-order valence-electron chi connectivity index (χ1n) is 7.33. The molecule has 0 saturated heterocycles. The zero-order chi connectivity index (χ0) is 15.9. The van der Waals surface area contributed by atoms with Crippen molar-refractivity contribution in [3.8, 4) is 0 Å². The highest BCUT2D eigenvalue weighted by Gasteiger charge is 2.22. The molecule has 2 unspecified atom stereocenters. The Hall–Kier alpha value is -2.17. The number of benzene rings is 2. The van der Waals surface area contributed by atoms with Crippen LogP contribution in [0.2, 0.25) is 0 Å². The number of rotatable bonds is 6. The molecule has 0 aliphatic heterocycles. The van der Waals surface area contributed by atoms with Crippen molar-refractivity contribution in [1.82, 2.24) is 5.32 Å². The van der Waals surface area contributed by atoms with Gasteiger partial charge in [-0.25, -0.2) is 0 Å².